The van der Waals surface area contributed by atoms with Gasteiger partial charge in [0, 0.05) is 11.4 Å². The summed E-state index contributed by atoms with van der Waals surface area (Å²) in [4.78, 5) is 7.56. The van der Waals surface area contributed by atoms with Crippen LogP contribution < -0.4 is 5.73 Å². The van der Waals surface area contributed by atoms with Crippen LogP contribution in [0.1, 0.15) is 17.8 Å². The van der Waals surface area contributed by atoms with E-state index in [4.69, 9.17) is 5.73 Å². The van der Waals surface area contributed by atoms with Crippen LogP contribution in [0.4, 0.5) is 0 Å². The highest BCUT2D eigenvalue weighted by atomic mass is 32.2. The van der Waals surface area contributed by atoms with E-state index in [1.54, 1.807) is 11.8 Å². The number of aromatic nitrogens is 2. The first kappa shape index (κ1) is 9.61. The second-order valence-corrected chi connectivity index (χ2v) is 3.83. The Morgan fingerprint density at radius 3 is 2.75 bits per heavy atom. The SMILES string of the molecule is Cc1nc(SCCCN)[nH]c1C. The van der Waals surface area contributed by atoms with E-state index in [1.165, 1.54) is 0 Å². The number of aryl methyl sites for hydroxylation is 2. The third kappa shape index (κ3) is 2.53. The molecule has 0 spiro atoms. The largest absolute Gasteiger partial charge is 0.337 e. The lowest BCUT2D eigenvalue weighted by atomic mass is 10.4. The third-order valence-electron chi connectivity index (χ3n) is 1.69. The Morgan fingerprint density at radius 1 is 1.50 bits per heavy atom. The molecule has 0 unspecified atom stereocenters. The van der Waals surface area contributed by atoms with Gasteiger partial charge in [0.2, 0.25) is 0 Å². The maximum absolute atomic E-state index is 5.38. The molecule has 0 aliphatic heterocycles. The highest BCUT2D eigenvalue weighted by Crippen LogP contribution is 2.16. The number of nitrogens with one attached hydrogen (secondary N) is 1. The first-order valence-electron chi connectivity index (χ1n) is 4.10. The Kier molecular flexibility index (Phi) is 3.62. The molecule has 68 valence electrons. The molecule has 0 saturated heterocycles. The van der Waals surface area contributed by atoms with Gasteiger partial charge in [-0.1, -0.05) is 11.8 Å². The molecule has 0 bridgehead atoms. The van der Waals surface area contributed by atoms with Gasteiger partial charge in [0.1, 0.15) is 0 Å². The molecule has 1 rings (SSSR count). The molecule has 1 aromatic rings. The molecule has 0 aliphatic carbocycles. The van der Waals surface area contributed by atoms with Crippen LogP contribution in [-0.4, -0.2) is 22.3 Å². The van der Waals surface area contributed by atoms with Crippen LogP contribution in [0.3, 0.4) is 0 Å². The summed E-state index contributed by atoms with van der Waals surface area (Å²) in [5, 5.41) is 1.01. The Bertz CT molecular complexity index is 225. The lowest BCUT2D eigenvalue weighted by Crippen LogP contribution is -1.99. The first-order valence-corrected chi connectivity index (χ1v) is 5.08. The van der Waals surface area contributed by atoms with Crippen LogP contribution in [0, 0.1) is 13.8 Å². The van der Waals surface area contributed by atoms with Gasteiger partial charge < -0.3 is 10.7 Å². The molecule has 4 heteroatoms. The minimum Gasteiger partial charge on any atom is -0.337 e. The van der Waals surface area contributed by atoms with Crippen molar-refractivity contribution in [1.29, 1.82) is 0 Å². The predicted octanol–water partition coefficient (Wildman–Crippen LogP) is 1.47. The summed E-state index contributed by atoms with van der Waals surface area (Å²) in [5.74, 6) is 1.04. The molecule has 12 heavy (non-hydrogen) atoms. The fraction of sp³-hybridized carbons (Fsp3) is 0.625. The van der Waals surface area contributed by atoms with Crippen molar-refractivity contribution in [2.75, 3.05) is 12.3 Å². The fourth-order valence-electron chi connectivity index (χ4n) is 0.836. The number of nitrogens with two attached hydrogens (primary N) is 1. The topological polar surface area (TPSA) is 54.7 Å². The third-order valence-corrected chi connectivity index (χ3v) is 2.65. The van der Waals surface area contributed by atoms with Gasteiger partial charge in [0.25, 0.3) is 0 Å². The van der Waals surface area contributed by atoms with Crippen molar-refractivity contribution in [2.45, 2.75) is 25.4 Å². The lowest BCUT2D eigenvalue weighted by molar-refractivity contribution is 0.935. The number of nitrogens with zero attached hydrogens (tertiary/aromatic N) is 1. The molecule has 0 aromatic carbocycles. The minimum atomic E-state index is 0.756. The standard InChI is InChI=1S/C8H15N3S/c1-6-7(2)11-8(10-6)12-5-3-4-9/h3-5,9H2,1-2H3,(H,10,11). The quantitative estimate of drug-likeness (QED) is 0.551. The molecule has 3 nitrogen and oxygen atoms in total. The molecular formula is C8H15N3S. The number of H-pyrrole nitrogens is 1. The highest BCUT2D eigenvalue weighted by Gasteiger charge is 2.01. The predicted molar refractivity (Wildman–Crippen MR) is 52.5 cm³/mol. The van der Waals surface area contributed by atoms with Gasteiger partial charge >= 0.3 is 0 Å². The van der Waals surface area contributed by atoms with E-state index >= 15 is 0 Å². The normalized spacial score (nSPS) is 10.6. The molecule has 0 amide bonds. The zero-order valence-electron chi connectivity index (χ0n) is 7.55. The van der Waals surface area contributed by atoms with Crippen LogP contribution >= 0.6 is 11.8 Å². The summed E-state index contributed by atoms with van der Waals surface area (Å²) in [6.07, 6.45) is 1.05. The van der Waals surface area contributed by atoms with Crippen LogP contribution in [0.2, 0.25) is 0 Å². The van der Waals surface area contributed by atoms with Gasteiger partial charge in [-0.3, -0.25) is 0 Å². The first-order chi connectivity index (χ1) is 5.74. The van der Waals surface area contributed by atoms with E-state index in [9.17, 15) is 0 Å². The average Bonchev–Trinajstić information content (AvgIpc) is 2.32. The summed E-state index contributed by atoms with van der Waals surface area (Å²) < 4.78 is 0. The molecule has 0 saturated carbocycles. The minimum absolute atomic E-state index is 0.756. The maximum Gasteiger partial charge on any atom is 0.165 e. The van der Waals surface area contributed by atoms with Crippen molar-refractivity contribution in [2.24, 2.45) is 5.73 Å². The molecule has 0 radical (unpaired) electrons. The van der Waals surface area contributed by atoms with Crippen LogP contribution in [0.15, 0.2) is 5.16 Å². The molecule has 1 aromatic heterocycles. The van der Waals surface area contributed by atoms with Gasteiger partial charge in [-0.2, -0.15) is 0 Å². The van der Waals surface area contributed by atoms with Gasteiger partial charge in [0.05, 0.1) is 5.69 Å². The summed E-state index contributed by atoms with van der Waals surface area (Å²) in [5.41, 5.74) is 7.63. The molecule has 0 fully saturated rings. The van der Waals surface area contributed by atoms with E-state index in [0.29, 0.717) is 0 Å². The smallest absolute Gasteiger partial charge is 0.165 e. The van der Waals surface area contributed by atoms with Gasteiger partial charge in [-0.15, -0.1) is 0 Å². The molecule has 0 aliphatic rings. The lowest BCUT2D eigenvalue weighted by Gasteiger charge is -1.93. The second kappa shape index (κ2) is 4.52. The van der Waals surface area contributed by atoms with Crippen LogP contribution in [0.25, 0.3) is 0 Å². The zero-order chi connectivity index (χ0) is 8.97. The molecule has 3 N–H and O–H groups in total. The van der Waals surface area contributed by atoms with E-state index in [-0.39, 0.29) is 0 Å². The van der Waals surface area contributed by atoms with Crippen LogP contribution in [0.5, 0.6) is 0 Å². The Morgan fingerprint density at radius 2 is 2.25 bits per heavy atom. The second-order valence-electron chi connectivity index (χ2n) is 2.74. The number of hydrogen-bond acceptors (Lipinski definition) is 3. The van der Waals surface area contributed by atoms with Crippen molar-refractivity contribution < 1.29 is 0 Å². The van der Waals surface area contributed by atoms with E-state index in [0.717, 1.165) is 35.3 Å². The maximum atomic E-state index is 5.38. The highest BCUT2D eigenvalue weighted by molar-refractivity contribution is 7.99. The summed E-state index contributed by atoms with van der Waals surface area (Å²) in [6.45, 7) is 4.81. The number of rotatable bonds is 4. The Labute approximate surface area is 77.1 Å². The van der Waals surface area contributed by atoms with E-state index in [1.807, 2.05) is 13.8 Å². The number of hydrogen-bond donors (Lipinski definition) is 2. The number of imidazole rings is 1. The monoisotopic (exact) mass is 185 g/mol. The zero-order valence-corrected chi connectivity index (χ0v) is 8.37. The average molecular weight is 185 g/mol. The van der Waals surface area contributed by atoms with E-state index < -0.39 is 0 Å². The van der Waals surface area contributed by atoms with E-state index in [2.05, 4.69) is 9.97 Å². The van der Waals surface area contributed by atoms with Gasteiger partial charge in [-0.05, 0) is 26.8 Å². The summed E-state index contributed by atoms with van der Waals surface area (Å²) >= 11 is 1.73. The van der Waals surface area contributed by atoms with Crippen molar-refractivity contribution in [1.82, 2.24) is 9.97 Å². The summed E-state index contributed by atoms with van der Waals surface area (Å²) in [6, 6.07) is 0. The van der Waals surface area contributed by atoms with Gasteiger partial charge in [0.15, 0.2) is 5.16 Å². The van der Waals surface area contributed by atoms with Crippen molar-refractivity contribution in [3.05, 3.63) is 11.4 Å². The molecule has 0 atom stereocenters. The Hall–Kier alpha value is -0.480. The molecular weight excluding hydrogens is 170 g/mol. The van der Waals surface area contributed by atoms with Crippen molar-refractivity contribution in [3.8, 4) is 0 Å². The number of thioether (sulfide) groups is 1. The fourth-order valence-corrected chi connectivity index (χ4v) is 1.77. The molecule has 1 heterocycles. The summed E-state index contributed by atoms with van der Waals surface area (Å²) in [7, 11) is 0. The number of aromatic amines is 1. The van der Waals surface area contributed by atoms with Crippen molar-refractivity contribution in [3.63, 3.8) is 0 Å². The van der Waals surface area contributed by atoms with Crippen molar-refractivity contribution >= 4 is 11.8 Å². The van der Waals surface area contributed by atoms with Crippen LogP contribution in [-0.2, 0) is 0 Å². The van der Waals surface area contributed by atoms with Gasteiger partial charge in [-0.25, -0.2) is 4.98 Å². The Balaban J connectivity index is 2.42.